The number of carbonyl (C=O) groups excluding carboxylic acids is 2. The van der Waals surface area contributed by atoms with Crippen molar-refractivity contribution in [3.05, 3.63) is 47.3 Å². The van der Waals surface area contributed by atoms with Crippen molar-refractivity contribution in [2.75, 3.05) is 23.3 Å². The van der Waals surface area contributed by atoms with Crippen molar-refractivity contribution in [3.63, 3.8) is 0 Å². The highest BCUT2D eigenvalue weighted by atomic mass is 32.1. The molecule has 0 spiro atoms. The van der Waals surface area contributed by atoms with Crippen LogP contribution in [0.5, 0.6) is 0 Å². The highest BCUT2D eigenvalue weighted by molar-refractivity contribution is 7.15. The second-order valence-corrected chi connectivity index (χ2v) is 9.75. The number of amides is 3. The lowest BCUT2D eigenvalue weighted by Gasteiger charge is -2.42. The molecule has 3 N–H and O–H groups in total. The van der Waals surface area contributed by atoms with E-state index in [2.05, 4.69) is 29.4 Å². The van der Waals surface area contributed by atoms with Gasteiger partial charge >= 0.3 is 6.03 Å². The Balaban J connectivity index is 1.37. The molecule has 2 aromatic rings. The van der Waals surface area contributed by atoms with Crippen LogP contribution < -0.4 is 16.0 Å². The smallest absolute Gasteiger partial charge is 0.325 e. The molecule has 1 aromatic carbocycles. The summed E-state index contributed by atoms with van der Waals surface area (Å²) in [5.74, 6) is -0.462. The molecule has 3 amide bonds. The zero-order chi connectivity index (χ0) is 20.9. The first kappa shape index (κ1) is 19.4. The molecule has 7 nitrogen and oxygen atoms in total. The van der Waals surface area contributed by atoms with Crippen molar-refractivity contribution in [3.8, 4) is 0 Å². The van der Waals surface area contributed by atoms with Crippen molar-refractivity contribution in [1.82, 2.24) is 9.88 Å². The minimum absolute atomic E-state index is 0.0873. The van der Waals surface area contributed by atoms with E-state index in [1.807, 2.05) is 24.8 Å². The van der Waals surface area contributed by atoms with Gasteiger partial charge in [-0.25, -0.2) is 9.78 Å². The standard InChI is InChI=1S/C22H26N5O2S/c1-14-12-24-20(30-14)25-13-22(9-3-10-22)15-5-7-16(8-6-15)27-18(19(23)28)17-4-2-11-26(17)21(27)29/h4-8,12,17-18H,2-3,9-11,13H2,1H3,(H2,23,28)(H,24,25)/t17-,18?/m1/s1. The van der Waals surface area contributed by atoms with E-state index >= 15 is 0 Å². The van der Waals surface area contributed by atoms with Crippen molar-refractivity contribution in [1.29, 1.82) is 0 Å². The number of hydrogen-bond donors (Lipinski definition) is 2. The first-order chi connectivity index (χ1) is 14.5. The van der Waals surface area contributed by atoms with E-state index in [4.69, 9.17) is 5.73 Å². The fraction of sp³-hybridized carbons (Fsp3) is 0.455. The van der Waals surface area contributed by atoms with Gasteiger partial charge < -0.3 is 16.0 Å². The van der Waals surface area contributed by atoms with Crippen molar-refractivity contribution in [2.45, 2.75) is 50.1 Å². The maximum Gasteiger partial charge on any atom is 0.325 e. The van der Waals surface area contributed by atoms with Gasteiger partial charge in [0.2, 0.25) is 5.91 Å². The molecule has 2 atom stereocenters. The SMILES string of the molecule is Cc1cnc(NCC2(c3ccc(N4C(=O)N5CC[CH][C@@H]5C4C(N)=O)cc3)CCC2)s1. The number of hydrogen-bond acceptors (Lipinski definition) is 5. The summed E-state index contributed by atoms with van der Waals surface area (Å²) in [5, 5.41) is 4.46. The number of urea groups is 1. The van der Waals surface area contributed by atoms with Gasteiger partial charge in [-0.2, -0.15) is 0 Å². The van der Waals surface area contributed by atoms with E-state index < -0.39 is 11.9 Å². The molecule has 3 heterocycles. The molecular formula is C22H26N5O2S. The molecule has 1 aromatic heterocycles. The molecule has 8 heteroatoms. The van der Waals surface area contributed by atoms with Crippen LogP contribution >= 0.6 is 11.3 Å². The van der Waals surface area contributed by atoms with Crippen LogP contribution in [0.3, 0.4) is 0 Å². The lowest BCUT2D eigenvalue weighted by atomic mass is 9.64. The van der Waals surface area contributed by atoms with E-state index in [0.29, 0.717) is 6.54 Å². The third-order valence-electron chi connectivity index (χ3n) is 6.75. The predicted molar refractivity (Wildman–Crippen MR) is 118 cm³/mol. The van der Waals surface area contributed by atoms with E-state index in [9.17, 15) is 9.59 Å². The van der Waals surface area contributed by atoms with Gasteiger partial charge in [-0.1, -0.05) is 18.6 Å². The molecule has 5 rings (SSSR count). The van der Waals surface area contributed by atoms with Gasteiger partial charge in [0.25, 0.3) is 0 Å². The van der Waals surface area contributed by atoms with Gasteiger partial charge in [0.1, 0.15) is 6.04 Å². The molecule has 3 aliphatic rings. The van der Waals surface area contributed by atoms with Gasteiger partial charge in [0, 0.05) is 35.3 Å². The lowest BCUT2D eigenvalue weighted by Crippen LogP contribution is -2.47. The highest BCUT2D eigenvalue weighted by Gasteiger charge is 2.51. The lowest BCUT2D eigenvalue weighted by molar-refractivity contribution is -0.119. The van der Waals surface area contributed by atoms with Crippen molar-refractivity contribution in [2.24, 2.45) is 5.73 Å². The summed E-state index contributed by atoms with van der Waals surface area (Å²) < 4.78 is 0. The maximum absolute atomic E-state index is 12.9. The van der Waals surface area contributed by atoms with Crippen LogP contribution in [0.2, 0.25) is 0 Å². The first-order valence-corrected chi connectivity index (χ1v) is 11.3. The van der Waals surface area contributed by atoms with Crippen molar-refractivity contribution < 1.29 is 9.59 Å². The summed E-state index contributed by atoms with van der Waals surface area (Å²) in [6.45, 7) is 3.55. The topological polar surface area (TPSA) is 91.6 Å². The summed E-state index contributed by atoms with van der Waals surface area (Å²) in [6, 6.07) is 7.11. The minimum Gasteiger partial charge on any atom is -0.368 e. The number of nitrogens with one attached hydrogen (secondary N) is 1. The molecular weight excluding hydrogens is 398 g/mol. The third kappa shape index (κ3) is 3.05. The summed E-state index contributed by atoms with van der Waals surface area (Å²) in [7, 11) is 0. The minimum atomic E-state index is -0.640. The average molecular weight is 425 g/mol. The summed E-state index contributed by atoms with van der Waals surface area (Å²) in [6.07, 6.45) is 8.18. The first-order valence-electron chi connectivity index (χ1n) is 10.5. The van der Waals surface area contributed by atoms with E-state index in [1.165, 1.54) is 16.9 Å². The highest BCUT2D eigenvalue weighted by Crippen LogP contribution is 2.45. The number of aromatic nitrogens is 1. The number of nitrogens with two attached hydrogens (primary N) is 1. The van der Waals surface area contributed by atoms with Crippen LogP contribution in [0, 0.1) is 13.3 Å². The van der Waals surface area contributed by atoms with Crippen molar-refractivity contribution >= 4 is 34.1 Å². The Labute approximate surface area is 180 Å². The zero-order valence-electron chi connectivity index (χ0n) is 17.0. The summed E-state index contributed by atoms with van der Waals surface area (Å²) in [4.78, 5) is 34.0. The molecule has 1 unspecified atom stereocenters. The Morgan fingerprint density at radius 3 is 2.70 bits per heavy atom. The molecule has 1 radical (unpaired) electrons. The van der Waals surface area contributed by atoms with Crippen LogP contribution in [-0.2, 0) is 10.2 Å². The molecule has 1 aliphatic carbocycles. The van der Waals surface area contributed by atoms with E-state index in [1.54, 1.807) is 21.1 Å². The van der Waals surface area contributed by atoms with Gasteiger partial charge in [-0.15, -0.1) is 11.3 Å². The van der Waals surface area contributed by atoms with Crippen LogP contribution in [0.15, 0.2) is 30.5 Å². The monoisotopic (exact) mass is 424 g/mol. The average Bonchev–Trinajstić information content (AvgIpc) is 3.39. The normalized spacial score (nSPS) is 24.6. The van der Waals surface area contributed by atoms with Crippen LogP contribution in [0.25, 0.3) is 0 Å². The van der Waals surface area contributed by atoms with E-state index in [0.717, 1.165) is 36.6 Å². The second-order valence-electron chi connectivity index (χ2n) is 8.52. The molecule has 3 fully saturated rings. The Morgan fingerprint density at radius 1 is 1.33 bits per heavy atom. The van der Waals surface area contributed by atoms with Crippen LogP contribution in [0.1, 0.15) is 36.1 Å². The molecule has 157 valence electrons. The largest absolute Gasteiger partial charge is 0.368 e. The van der Waals surface area contributed by atoms with Gasteiger partial charge in [-0.3, -0.25) is 9.69 Å². The number of carbonyl (C=O) groups is 2. The second kappa shape index (κ2) is 7.27. The fourth-order valence-corrected chi connectivity index (χ4v) is 5.65. The third-order valence-corrected chi connectivity index (χ3v) is 7.62. The Morgan fingerprint density at radius 2 is 2.10 bits per heavy atom. The Kier molecular flexibility index (Phi) is 4.69. The molecule has 2 aliphatic heterocycles. The number of aryl methyl sites for hydroxylation is 1. The van der Waals surface area contributed by atoms with Gasteiger partial charge in [0.15, 0.2) is 5.13 Å². The van der Waals surface area contributed by atoms with Crippen LogP contribution in [0.4, 0.5) is 15.6 Å². The number of anilines is 2. The quantitative estimate of drug-likeness (QED) is 0.746. The summed E-state index contributed by atoms with van der Waals surface area (Å²) >= 11 is 1.67. The number of rotatable bonds is 6. The number of thiazole rings is 1. The van der Waals surface area contributed by atoms with Gasteiger partial charge in [-0.05, 0) is 50.3 Å². The molecule has 30 heavy (non-hydrogen) atoms. The van der Waals surface area contributed by atoms with E-state index in [-0.39, 0.29) is 17.5 Å². The maximum atomic E-state index is 12.9. The van der Waals surface area contributed by atoms with Gasteiger partial charge in [0.05, 0.1) is 6.04 Å². The summed E-state index contributed by atoms with van der Waals surface area (Å²) in [5.41, 5.74) is 7.75. The van der Waals surface area contributed by atoms with Crippen LogP contribution in [-0.4, -0.2) is 47.0 Å². The number of fused-ring (bicyclic) bond motifs is 1. The number of benzene rings is 1. The predicted octanol–water partition coefficient (Wildman–Crippen LogP) is 3.06. The zero-order valence-corrected chi connectivity index (χ0v) is 17.8. The fourth-order valence-electron chi connectivity index (χ4n) is 4.99. The Bertz CT molecular complexity index is 968. The number of nitrogens with zero attached hydrogens (tertiary/aromatic N) is 3. The molecule has 1 saturated carbocycles. The molecule has 0 bridgehead atoms. The number of primary amides is 1. The Hall–Kier alpha value is -2.61. The molecule has 2 saturated heterocycles.